The van der Waals surface area contributed by atoms with Gasteiger partial charge >= 0.3 is 0 Å². The Kier molecular flexibility index (Phi) is 3.92. The summed E-state index contributed by atoms with van der Waals surface area (Å²) in [6.07, 6.45) is 11.5. The maximum Gasteiger partial charge on any atom is 0.0987 e. The highest BCUT2D eigenvalue weighted by Gasteiger charge is 2.12. The number of ether oxygens (including phenoxy) is 1. The fraction of sp³-hybridized carbons (Fsp3) is 0.636. The van der Waals surface area contributed by atoms with Crippen LogP contribution in [0.2, 0.25) is 0 Å². The molecule has 0 bridgehead atoms. The van der Waals surface area contributed by atoms with E-state index >= 15 is 0 Å². The third-order valence-electron chi connectivity index (χ3n) is 2.29. The van der Waals surface area contributed by atoms with Crippen molar-refractivity contribution in [1.29, 1.82) is 0 Å². The van der Waals surface area contributed by atoms with Gasteiger partial charge < -0.3 is 4.74 Å². The smallest absolute Gasteiger partial charge is 0.0987 e. The fourth-order valence-electron chi connectivity index (χ4n) is 1.57. The van der Waals surface area contributed by atoms with Crippen LogP contribution in [0, 0.1) is 5.92 Å². The summed E-state index contributed by atoms with van der Waals surface area (Å²) in [6.45, 7) is 2.22. The molecule has 1 aliphatic carbocycles. The predicted octanol–water partition coefficient (Wildman–Crippen LogP) is 3.28. The monoisotopic (exact) mass is 166 g/mol. The highest BCUT2D eigenvalue weighted by atomic mass is 16.5. The predicted molar refractivity (Wildman–Crippen MR) is 51.9 cm³/mol. The highest BCUT2D eigenvalue weighted by molar-refractivity contribution is 5.14. The molecule has 1 unspecified atom stereocenters. The zero-order valence-corrected chi connectivity index (χ0v) is 8.05. The van der Waals surface area contributed by atoms with E-state index in [2.05, 4.69) is 25.2 Å². The molecule has 0 spiro atoms. The zero-order valence-electron chi connectivity index (χ0n) is 8.05. The van der Waals surface area contributed by atoms with Gasteiger partial charge in [-0.25, -0.2) is 0 Å². The molecule has 0 N–H and O–H groups in total. The molecule has 0 fully saturated rings. The molecule has 1 atom stereocenters. The summed E-state index contributed by atoms with van der Waals surface area (Å²) in [5.74, 6) is 1.70. The Labute approximate surface area is 75.1 Å². The van der Waals surface area contributed by atoms with Crippen LogP contribution >= 0.6 is 0 Å². The van der Waals surface area contributed by atoms with Gasteiger partial charge in [0.1, 0.15) is 0 Å². The van der Waals surface area contributed by atoms with Crippen LogP contribution in [-0.2, 0) is 4.74 Å². The second kappa shape index (κ2) is 5.02. The van der Waals surface area contributed by atoms with Crippen LogP contribution in [0.15, 0.2) is 24.0 Å². The van der Waals surface area contributed by atoms with Crippen molar-refractivity contribution in [3.8, 4) is 0 Å². The van der Waals surface area contributed by atoms with Crippen LogP contribution in [-0.4, -0.2) is 7.11 Å². The lowest BCUT2D eigenvalue weighted by atomic mass is 9.95. The van der Waals surface area contributed by atoms with E-state index in [9.17, 15) is 0 Å². The molecule has 12 heavy (non-hydrogen) atoms. The van der Waals surface area contributed by atoms with Gasteiger partial charge in [0.2, 0.25) is 0 Å². The topological polar surface area (TPSA) is 9.23 Å². The van der Waals surface area contributed by atoms with Crippen molar-refractivity contribution in [1.82, 2.24) is 0 Å². The van der Waals surface area contributed by atoms with E-state index in [1.807, 2.05) is 0 Å². The lowest BCUT2D eigenvalue weighted by molar-refractivity contribution is 0.248. The van der Waals surface area contributed by atoms with Gasteiger partial charge in [0.25, 0.3) is 0 Å². The number of hydrogen-bond donors (Lipinski definition) is 0. The maximum absolute atomic E-state index is 5.31. The van der Waals surface area contributed by atoms with E-state index in [0.29, 0.717) is 5.92 Å². The molecule has 0 aliphatic heterocycles. The zero-order chi connectivity index (χ0) is 8.81. The summed E-state index contributed by atoms with van der Waals surface area (Å²) in [5, 5.41) is 0. The minimum atomic E-state index is 0.545. The second-order valence-corrected chi connectivity index (χ2v) is 3.22. The molecule has 1 heteroatoms. The minimum absolute atomic E-state index is 0.545. The van der Waals surface area contributed by atoms with Crippen molar-refractivity contribution in [2.45, 2.75) is 32.6 Å². The number of allylic oxidation sites excluding steroid dienone is 3. The second-order valence-electron chi connectivity index (χ2n) is 3.22. The Morgan fingerprint density at radius 1 is 1.58 bits per heavy atom. The van der Waals surface area contributed by atoms with E-state index in [1.165, 1.54) is 19.3 Å². The van der Waals surface area contributed by atoms with Gasteiger partial charge in [-0.05, 0) is 18.9 Å². The molecule has 0 amide bonds. The number of rotatable bonds is 4. The van der Waals surface area contributed by atoms with Crippen molar-refractivity contribution in [3.05, 3.63) is 24.0 Å². The van der Waals surface area contributed by atoms with E-state index in [0.717, 1.165) is 12.2 Å². The van der Waals surface area contributed by atoms with Gasteiger partial charge in [-0.3, -0.25) is 0 Å². The molecule has 0 aromatic rings. The van der Waals surface area contributed by atoms with Gasteiger partial charge in [-0.15, -0.1) is 0 Å². The molecule has 1 aliphatic rings. The van der Waals surface area contributed by atoms with Gasteiger partial charge in [-0.2, -0.15) is 0 Å². The van der Waals surface area contributed by atoms with Crippen LogP contribution in [0.3, 0.4) is 0 Å². The Morgan fingerprint density at radius 3 is 3.08 bits per heavy atom. The Balaban J connectivity index is 2.43. The summed E-state index contributed by atoms with van der Waals surface area (Å²) < 4.78 is 5.31. The van der Waals surface area contributed by atoms with Crippen molar-refractivity contribution in [2.24, 2.45) is 5.92 Å². The lowest BCUT2D eigenvalue weighted by Gasteiger charge is -2.18. The van der Waals surface area contributed by atoms with E-state index in [-0.39, 0.29) is 0 Å². The molecule has 1 nitrogen and oxygen atoms in total. The number of hydrogen-bond acceptors (Lipinski definition) is 1. The van der Waals surface area contributed by atoms with Crippen LogP contribution in [0.4, 0.5) is 0 Å². The van der Waals surface area contributed by atoms with E-state index < -0.39 is 0 Å². The minimum Gasteiger partial charge on any atom is -0.501 e. The first-order valence-corrected chi connectivity index (χ1v) is 4.79. The molecule has 0 radical (unpaired) electrons. The molecule has 0 heterocycles. The van der Waals surface area contributed by atoms with E-state index in [4.69, 9.17) is 4.74 Å². The number of methoxy groups -OCH3 is 1. The largest absolute Gasteiger partial charge is 0.501 e. The summed E-state index contributed by atoms with van der Waals surface area (Å²) in [5.41, 5.74) is 0. The Hall–Kier alpha value is -0.720. The molecular weight excluding hydrogens is 148 g/mol. The Bertz CT molecular complexity index is 179. The average Bonchev–Trinajstić information content (AvgIpc) is 2.15. The summed E-state index contributed by atoms with van der Waals surface area (Å²) in [7, 11) is 1.77. The highest BCUT2D eigenvalue weighted by Crippen LogP contribution is 2.24. The lowest BCUT2D eigenvalue weighted by Crippen LogP contribution is -2.05. The molecule has 0 saturated heterocycles. The van der Waals surface area contributed by atoms with Gasteiger partial charge in [0.05, 0.1) is 12.9 Å². The molecular formula is C11H18O. The van der Waals surface area contributed by atoms with Crippen LogP contribution in [0.5, 0.6) is 0 Å². The third-order valence-corrected chi connectivity index (χ3v) is 2.29. The average molecular weight is 166 g/mol. The third kappa shape index (κ3) is 2.40. The quantitative estimate of drug-likeness (QED) is 0.582. The van der Waals surface area contributed by atoms with E-state index in [1.54, 1.807) is 7.11 Å². The van der Waals surface area contributed by atoms with Crippen molar-refractivity contribution in [3.63, 3.8) is 0 Å². The first kappa shape index (κ1) is 9.37. The first-order valence-electron chi connectivity index (χ1n) is 4.79. The van der Waals surface area contributed by atoms with Crippen molar-refractivity contribution < 1.29 is 4.74 Å². The first-order chi connectivity index (χ1) is 5.88. The Morgan fingerprint density at radius 2 is 2.42 bits per heavy atom. The molecule has 0 saturated carbocycles. The van der Waals surface area contributed by atoms with Crippen molar-refractivity contribution in [2.75, 3.05) is 7.11 Å². The summed E-state index contributed by atoms with van der Waals surface area (Å²) >= 11 is 0. The van der Waals surface area contributed by atoms with Gasteiger partial charge in [-0.1, -0.05) is 31.9 Å². The van der Waals surface area contributed by atoms with Gasteiger partial charge in [0, 0.05) is 5.92 Å². The van der Waals surface area contributed by atoms with Crippen LogP contribution < -0.4 is 0 Å². The van der Waals surface area contributed by atoms with Crippen LogP contribution in [0.1, 0.15) is 32.6 Å². The molecule has 0 aromatic heterocycles. The fourth-order valence-corrected chi connectivity index (χ4v) is 1.57. The van der Waals surface area contributed by atoms with Crippen molar-refractivity contribution >= 4 is 0 Å². The SMILES string of the molecule is CCCCC1C=CCC=C1OC. The summed E-state index contributed by atoms with van der Waals surface area (Å²) in [6, 6.07) is 0. The maximum atomic E-state index is 5.31. The molecule has 68 valence electrons. The van der Waals surface area contributed by atoms with Crippen LogP contribution in [0.25, 0.3) is 0 Å². The summed E-state index contributed by atoms with van der Waals surface area (Å²) in [4.78, 5) is 0. The van der Waals surface area contributed by atoms with Gasteiger partial charge in [0.15, 0.2) is 0 Å². The number of unbranched alkanes of at least 4 members (excludes halogenated alkanes) is 1. The normalized spacial score (nSPS) is 22.2. The standard InChI is InChI=1S/C11H18O/c1-3-4-7-10-8-5-6-9-11(10)12-2/h5,8-10H,3-4,6-7H2,1-2H3. The molecule has 1 rings (SSSR count). The molecule has 0 aromatic carbocycles.